The summed E-state index contributed by atoms with van der Waals surface area (Å²) in [7, 11) is 3.10. The summed E-state index contributed by atoms with van der Waals surface area (Å²) >= 11 is 3.40. The van der Waals surface area contributed by atoms with Gasteiger partial charge in [-0.05, 0) is 45.6 Å². The molecule has 0 unspecified atom stereocenters. The minimum absolute atomic E-state index is 0.170. The van der Waals surface area contributed by atoms with Gasteiger partial charge in [0.15, 0.2) is 11.5 Å². The number of carbonyl (C=O) groups is 1. The van der Waals surface area contributed by atoms with Crippen LogP contribution < -0.4 is 14.9 Å². The molecule has 1 atom stereocenters. The number of rotatable bonds is 8. The van der Waals surface area contributed by atoms with E-state index in [1.54, 1.807) is 26.4 Å². The molecule has 7 heteroatoms. The number of nitrogens with zero attached hydrogens (tertiary/aromatic N) is 1. The maximum absolute atomic E-state index is 11.9. The Morgan fingerprint density at radius 1 is 1.27 bits per heavy atom. The van der Waals surface area contributed by atoms with Gasteiger partial charge in [0.25, 0.3) is 0 Å². The van der Waals surface area contributed by atoms with Crippen LogP contribution in [-0.2, 0) is 4.79 Å². The summed E-state index contributed by atoms with van der Waals surface area (Å²) in [4.78, 5) is 11.9. The van der Waals surface area contributed by atoms with Crippen molar-refractivity contribution >= 4 is 28.1 Å². The van der Waals surface area contributed by atoms with Crippen molar-refractivity contribution in [3.8, 4) is 11.5 Å². The first-order chi connectivity index (χ1) is 12.5. The molecular weight excluding hydrogens is 400 g/mol. The van der Waals surface area contributed by atoms with Gasteiger partial charge in [0, 0.05) is 6.42 Å². The number of benzene rings is 2. The molecule has 0 aliphatic rings. The van der Waals surface area contributed by atoms with E-state index in [2.05, 4.69) is 26.5 Å². The Bertz CT molecular complexity index is 766. The van der Waals surface area contributed by atoms with E-state index in [1.807, 2.05) is 30.3 Å². The van der Waals surface area contributed by atoms with Crippen molar-refractivity contribution in [3.05, 3.63) is 58.1 Å². The van der Waals surface area contributed by atoms with E-state index in [0.29, 0.717) is 17.9 Å². The molecule has 0 fully saturated rings. The van der Waals surface area contributed by atoms with Crippen LogP contribution in [0.2, 0.25) is 0 Å². The van der Waals surface area contributed by atoms with E-state index in [0.717, 1.165) is 15.6 Å². The molecule has 0 aromatic heterocycles. The van der Waals surface area contributed by atoms with Gasteiger partial charge in [-0.15, -0.1) is 0 Å². The summed E-state index contributed by atoms with van der Waals surface area (Å²) in [6, 6.07) is 12.8. The molecule has 0 spiro atoms. The van der Waals surface area contributed by atoms with Crippen LogP contribution in [0.25, 0.3) is 0 Å². The zero-order chi connectivity index (χ0) is 18.9. The molecule has 0 saturated carbocycles. The molecule has 0 heterocycles. The molecule has 0 bridgehead atoms. The van der Waals surface area contributed by atoms with Crippen molar-refractivity contribution in [2.24, 2.45) is 5.10 Å². The number of carbonyl (C=O) groups excluding carboxylic acids is 1. The molecule has 1 amide bonds. The van der Waals surface area contributed by atoms with Crippen LogP contribution >= 0.6 is 15.9 Å². The maximum atomic E-state index is 11.9. The number of methoxy groups -OCH3 is 2. The molecule has 0 aliphatic carbocycles. The summed E-state index contributed by atoms with van der Waals surface area (Å²) in [5.41, 5.74) is 3.98. The summed E-state index contributed by atoms with van der Waals surface area (Å²) < 4.78 is 11.2. The summed E-state index contributed by atoms with van der Waals surface area (Å²) in [6.45, 7) is 0. The van der Waals surface area contributed by atoms with Gasteiger partial charge in [-0.1, -0.05) is 30.3 Å². The van der Waals surface area contributed by atoms with E-state index in [-0.39, 0.29) is 12.3 Å². The van der Waals surface area contributed by atoms with Gasteiger partial charge < -0.3 is 14.6 Å². The largest absolute Gasteiger partial charge is 0.493 e. The second-order valence-corrected chi connectivity index (χ2v) is 6.35. The highest BCUT2D eigenvalue weighted by Crippen LogP contribution is 2.35. The molecule has 0 radical (unpaired) electrons. The molecule has 6 nitrogen and oxygen atoms in total. The summed E-state index contributed by atoms with van der Waals surface area (Å²) in [5, 5.41) is 14.0. The van der Waals surface area contributed by atoms with Gasteiger partial charge in [0.05, 0.1) is 31.0 Å². The standard InChI is InChI=1S/C19H21BrN2O4/c1-25-17-11-13(10-15(20)19(17)26-2)12-21-22-18(24)9-8-16(23)14-6-4-3-5-7-14/h3-7,10-12,16,23H,8-9H2,1-2H3,(H,22,24)/b21-12-/t16-/m1/s1. The van der Waals surface area contributed by atoms with Gasteiger partial charge in [-0.25, -0.2) is 5.43 Å². The molecule has 0 saturated heterocycles. The highest BCUT2D eigenvalue weighted by Gasteiger charge is 2.11. The smallest absolute Gasteiger partial charge is 0.240 e. The van der Waals surface area contributed by atoms with E-state index in [1.165, 1.54) is 6.21 Å². The molecule has 0 aliphatic heterocycles. The van der Waals surface area contributed by atoms with Crippen LogP contribution in [0.5, 0.6) is 11.5 Å². The fourth-order valence-corrected chi connectivity index (χ4v) is 2.98. The Morgan fingerprint density at radius 3 is 2.65 bits per heavy atom. The molecule has 26 heavy (non-hydrogen) atoms. The number of aliphatic hydroxyl groups excluding tert-OH is 1. The van der Waals surface area contributed by atoms with Crippen LogP contribution in [0, 0.1) is 0 Å². The number of hydrazone groups is 1. The molecule has 2 N–H and O–H groups in total. The van der Waals surface area contributed by atoms with Gasteiger partial charge in [-0.2, -0.15) is 5.10 Å². The van der Waals surface area contributed by atoms with Crippen LogP contribution in [0.3, 0.4) is 0 Å². The molecule has 2 rings (SSSR count). The van der Waals surface area contributed by atoms with Gasteiger partial charge in [0.2, 0.25) is 5.91 Å². The Morgan fingerprint density at radius 2 is 2.00 bits per heavy atom. The summed E-state index contributed by atoms with van der Waals surface area (Å²) in [6.07, 6.45) is 1.34. The van der Waals surface area contributed by atoms with Crippen LogP contribution in [-0.4, -0.2) is 31.4 Å². The Hall–Kier alpha value is -2.38. The predicted octanol–water partition coefficient (Wildman–Crippen LogP) is 3.43. The number of aliphatic hydroxyl groups is 1. The lowest BCUT2D eigenvalue weighted by molar-refractivity contribution is -0.121. The monoisotopic (exact) mass is 420 g/mol. The minimum Gasteiger partial charge on any atom is -0.493 e. The number of nitrogens with one attached hydrogen (secondary N) is 1. The third-order valence-electron chi connectivity index (χ3n) is 3.69. The van der Waals surface area contributed by atoms with E-state index >= 15 is 0 Å². The van der Waals surface area contributed by atoms with E-state index in [9.17, 15) is 9.90 Å². The van der Waals surface area contributed by atoms with Gasteiger partial charge in [-0.3, -0.25) is 4.79 Å². The van der Waals surface area contributed by atoms with Crippen molar-refractivity contribution in [2.75, 3.05) is 14.2 Å². The van der Waals surface area contributed by atoms with Crippen molar-refractivity contribution in [1.82, 2.24) is 5.43 Å². The maximum Gasteiger partial charge on any atom is 0.240 e. The first kappa shape index (κ1) is 19.9. The number of hydrogen-bond acceptors (Lipinski definition) is 5. The Labute approximate surface area is 161 Å². The van der Waals surface area contributed by atoms with Crippen molar-refractivity contribution in [1.29, 1.82) is 0 Å². The number of halogens is 1. The topological polar surface area (TPSA) is 80.2 Å². The Kier molecular flexibility index (Phi) is 7.62. The predicted molar refractivity (Wildman–Crippen MR) is 104 cm³/mol. The van der Waals surface area contributed by atoms with Crippen LogP contribution in [0.15, 0.2) is 52.0 Å². The normalized spacial score (nSPS) is 12.0. The lowest BCUT2D eigenvalue weighted by atomic mass is 10.1. The minimum atomic E-state index is -0.673. The van der Waals surface area contributed by atoms with Crippen molar-refractivity contribution in [3.63, 3.8) is 0 Å². The molecule has 2 aromatic carbocycles. The van der Waals surface area contributed by atoms with Crippen molar-refractivity contribution in [2.45, 2.75) is 18.9 Å². The second-order valence-electron chi connectivity index (χ2n) is 5.50. The highest BCUT2D eigenvalue weighted by molar-refractivity contribution is 9.10. The molecular formula is C19H21BrN2O4. The van der Waals surface area contributed by atoms with Crippen LogP contribution in [0.1, 0.15) is 30.1 Å². The first-order valence-corrected chi connectivity index (χ1v) is 8.81. The number of ether oxygens (including phenoxy) is 2. The molecule has 138 valence electrons. The third-order valence-corrected chi connectivity index (χ3v) is 4.28. The third kappa shape index (κ3) is 5.57. The number of amides is 1. The highest BCUT2D eigenvalue weighted by atomic mass is 79.9. The first-order valence-electron chi connectivity index (χ1n) is 8.01. The quantitative estimate of drug-likeness (QED) is 0.506. The van der Waals surface area contributed by atoms with Gasteiger partial charge >= 0.3 is 0 Å². The van der Waals surface area contributed by atoms with Gasteiger partial charge in [0.1, 0.15) is 0 Å². The lowest BCUT2D eigenvalue weighted by Gasteiger charge is -2.10. The SMILES string of the molecule is COc1cc(/C=N\NC(=O)CC[C@@H](O)c2ccccc2)cc(Br)c1OC. The van der Waals surface area contributed by atoms with E-state index < -0.39 is 6.10 Å². The second kappa shape index (κ2) is 9.94. The zero-order valence-corrected chi connectivity index (χ0v) is 16.2. The van der Waals surface area contributed by atoms with Crippen molar-refractivity contribution < 1.29 is 19.4 Å². The molecule has 2 aromatic rings. The van der Waals surface area contributed by atoms with E-state index in [4.69, 9.17) is 9.47 Å². The van der Waals surface area contributed by atoms with Crippen LogP contribution in [0.4, 0.5) is 0 Å². The fraction of sp³-hybridized carbons (Fsp3) is 0.263. The Balaban J connectivity index is 1.88. The fourth-order valence-electron chi connectivity index (χ4n) is 2.36. The average molecular weight is 421 g/mol. The number of hydrogen-bond donors (Lipinski definition) is 2. The average Bonchev–Trinajstić information content (AvgIpc) is 2.66. The zero-order valence-electron chi connectivity index (χ0n) is 14.6. The summed E-state index contributed by atoms with van der Waals surface area (Å²) in [5.74, 6) is 0.875. The lowest BCUT2D eigenvalue weighted by Crippen LogP contribution is -2.18.